The zero-order chi connectivity index (χ0) is 27.2. The van der Waals surface area contributed by atoms with Gasteiger partial charge in [-0.3, -0.25) is 28.2 Å². The lowest BCUT2D eigenvalue weighted by molar-refractivity contribution is -0.119. The van der Waals surface area contributed by atoms with E-state index in [2.05, 4.69) is 39.4 Å². The fourth-order valence-electron chi connectivity index (χ4n) is 5.15. The number of amides is 1. The smallest absolute Gasteiger partial charge is 0.475 e. The molecule has 0 spiro atoms. The number of phosphoric ester groups is 1. The summed E-state index contributed by atoms with van der Waals surface area (Å²) in [6.45, 7) is 5.67. The van der Waals surface area contributed by atoms with Crippen LogP contribution in [0.15, 0.2) is 47.8 Å². The first kappa shape index (κ1) is 28.1. The molecule has 0 atom stereocenters. The van der Waals surface area contributed by atoms with E-state index in [0.29, 0.717) is 30.9 Å². The van der Waals surface area contributed by atoms with Crippen LogP contribution < -0.4 is 14.5 Å². The van der Waals surface area contributed by atoms with Crippen LogP contribution in [0.3, 0.4) is 0 Å². The summed E-state index contributed by atoms with van der Waals surface area (Å²) in [4.78, 5) is 19.1. The van der Waals surface area contributed by atoms with Crippen LogP contribution in [-0.4, -0.2) is 71.1 Å². The molecule has 2 aliphatic rings. The van der Waals surface area contributed by atoms with Crippen LogP contribution in [0.4, 0.5) is 11.4 Å². The van der Waals surface area contributed by atoms with Gasteiger partial charge in [0.1, 0.15) is 12.5 Å². The molecule has 11 heteroatoms. The predicted molar refractivity (Wildman–Crippen MR) is 155 cm³/mol. The van der Waals surface area contributed by atoms with E-state index in [1.807, 2.05) is 18.2 Å². The molecule has 0 aliphatic carbocycles. The number of fused-ring (bicyclic) bond motifs is 2. The van der Waals surface area contributed by atoms with Gasteiger partial charge >= 0.3 is 7.82 Å². The van der Waals surface area contributed by atoms with Crippen molar-refractivity contribution in [3.05, 3.63) is 53.4 Å². The second-order valence-corrected chi connectivity index (χ2v) is 12.5. The number of anilines is 2. The molecule has 1 saturated heterocycles. The highest BCUT2D eigenvalue weighted by atomic mass is 32.1. The number of piperazine rings is 1. The molecule has 2 aliphatic heterocycles. The minimum atomic E-state index is -3.69. The minimum absolute atomic E-state index is 0.106. The molecule has 0 saturated carbocycles. The number of unbranched alkanes of at least 4 members (excludes halogenated alkanes) is 1. The highest BCUT2D eigenvalue weighted by Crippen LogP contribution is 2.48. The number of phosphoric acid groups is 1. The predicted octanol–water partition coefficient (Wildman–Crippen LogP) is 5.54. The lowest BCUT2D eigenvalue weighted by Gasteiger charge is -2.36. The van der Waals surface area contributed by atoms with Gasteiger partial charge in [0.05, 0.1) is 12.3 Å². The second kappa shape index (κ2) is 12.8. The van der Waals surface area contributed by atoms with Crippen molar-refractivity contribution in [1.29, 1.82) is 0 Å². The first-order valence-corrected chi connectivity index (χ1v) is 15.7. The third kappa shape index (κ3) is 6.65. The lowest BCUT2D eigenvalue weighted by Crippen LogP contribution is -2.46. The van der Waals surface area contributed by atoms with Gasteiger partial charge in [0.2, 0.25) is 5.91 Å². The summed E-state index contributed by atoms with van der Waals surface area (Å²) >= 11 is 1.80. The van der Waals surface area contributed by atoms with E-state index in [-0.39, 0.29) is 12.6 Å². The third-order valence-electron chi connectivity index (χ3n) is 7.37. The summed E-state index contributed by atoms with van der Waals surface area (Å²) in [5, 5.41) is 3.53. The van der Waals surface area contributed by atoms with E-state index in [1.54, 1.807) is 11.3 Å². The van der Waals surface area contributed by atoms with Gasteiger partial charge in [-0.05, 0) is 61.0 Å². The molecule has 0 radical (unpaired) electrons. The van der Waals surface area contributed by atoms with Crippen LogP contribution in [0.25, 0.3) is 10.1 Å². The summed E-state index contributed by atoms with van der Waals surface area (Å²) in [5.41, 5.74) is 3.08. The first-order valence-electron chi connectivity index (χ1n) is 13.4. The zero-order valence-corrected chi connectivity index (χ0v) is 24.3. The number of nitrogens with zero attached hydrogens (tertiary/aromatic N) is 3. The number of ether oxygens (including phenoxy) is 1. The number of aryl methyl sites for hydroxylation is 1. The molecule has 39 heavy (non-hydrogen) atoms. The largest absolute Gasteiger partial charge is 0.494 e. The standard InChI is InChI=1S/C28H36N3O6PS/c1-34-38(33,35-2)37-21-31-26-20-23(10-8-22(26)9-11-28(31)32)36-18-4-3-13-29-14-16-30(17-15-29)25-6-5-7-27-24(25)12-19-39-27/h5-8,10,12,19-20H,3-4,9,11,13-18,21H2,1-2H3. The highest BCUT2D eigenvalue weighted by Gasteiger charge is 2.30. The molecule has 9 nitrogen and oxygen atoms in total. The molecule has 0 N–H and O–H groups in total. The Morgan fingerprint density at radius 1 is 0.949 bits per heavy atom. The Morgan fingerprint density at radius 2 is 1.77 bits per heavy atom. The third-order valence-corrected chi connectivity index (χ3v) is 9.58. The first-order chi connectivity index (χ1) is 19.0. The Kier molecular flexibility index (Phi) is 9.22. The number of thiophene rings is 1. The van der Waals surface area contributed by atoms with E-state index >= 15 is 0 Å². The molecule has 3 heterocycles. The maximum absolute atomic E-state index is 12.6. The van der Waals surface area contributed by atoms with Crippen molar-refractivity contribution >= 4 is 46.5 Å². The molecule has 1 aromatic heterocycles. The van der Waals surface area contributed by atoms with E-state index in [1.165, 1.54) is 34.9 Å². The van der Waals surface area contributed by atoms with Crippen molar-refractivity contribution in [3.63, 3.8) is 0 Å². The van der Waals surface area contributed by atoms with Crippen molar-refractivity contribution in [2.45, 2.75) is 25.7 Å². The maximum atomic E-state index is 12.6. The Morgan fingerprint density at radius 3 is 2.56 bits per heavy atom. The van der Waals surface area contributed by atoms with Crippen LogP contribution >= 0.6 is 19.2 Å². The number of hydrogen-bond donors (Lipinski definition) is 0. The Hall–Kier alpha value is -2.46. The Bertz CT molecular complexity index is 1320. The number of carbonyl (C=O) groups excluding carboxylic acids is 1. The molecular weight excluding hydrogens is 537 g/mol. The van der Waals surface area contributed by atoms with Gasteiger partial charge in [-0.25, -0.2) is 4.57 Å². The normalized spacial score (nSPS) is 16.6. The van der Waals surface area contributed by atoms with Gasteiger partial charge in [-0.1, -0.05) is 12.1 Å². The second-order valence-electron chi connectivity index (χ2n) is 9.68. The Balaban J connectivity index is 1.07. The molecule has 5 rings (SSSR count). The van der Waals surface area contributed by atoms with Gasteiger partial charge in [0.15, 0.2) is 0 Å². The van der Waals surface area contributed by atoms with Crippen LogP contribution in [0.2, 0.25) is 0 Å². The van der Waals surface area contributed by atoms with Crippen molar-refractivity contribution in [1.82, 2.24) is 4.90 Å². The molecule has 3 aromatic rings. The molecule has 2 aromatic carbocycles. The van der Waals surface area contributed by atoms with E-state index in [0.717, 1.165) is 51.1 Å². The molecule has 1 amide bonds. The average Bonchev–Trinajstić information content (AvgIpc) is 3.46. The summed E-state index contributed by atoms with van der Waals surface area (Å²) in [5.74, 6) is 0.594. The monoisotopic (exact) mass is 573 g/mol. The molecule has 210 valence electrons. The lowest BCUT2D eigenvalue weighted by atomic mass is 10.0. The van der Waals surface area contributed by atoms with Gasteiger partial charge < -0.3 is 9.64 Å². The molecular formula is C28H36N3O6PS. The van der Waals surface area contributed by atoms with Crippen molar-refractivity contribution in [2.24, 2.45) is 0 Å². The van der Waals surface area contributed by atoms with Crippen LogP contribution in [0.5, 0.6) is 5.75 Å². The van der Waals surface area contributed by atoms with E-state index < -0.39 is 7.82 Å². The summed E-state index contributed by atoms with van der Waals surface area (Å²) < 4.78 is 34.6. The van der Waals surface area contributed by atoms with Gasteiger partial charge in [-0.15, -0.1) is 11.3 Å². The van der Waals surface area contributed by atoms with Crippen LogP contribution in [0, 0.1) is 0 Å². The minimum Gasteiger partial charge on any atom is -0.494 e. The van der Waals surface area contributed by atoms with Crippen molar-refractivity contribution in [2.75, 3.05) is 70.1 Å². The fourth-order valence-corrected chi connectivity index (χ4v) is 6.57. The summed E-state index contributed by atoms with van der Waals surface area (Å²) in [6.07, 6.45) is 3.01. The van der Waals surface area contributed by atoms with Gasteiger partial charge in [0.25, 0.3) is 0 Å². The highest BCUT2D eigenvalue weighted by molar-refractivity contribution is 7.48. The molecule has 1 fully saturated rings. The summed E-state index contributed by atoms with van der Waals surface area (Å²) in [7, 11) is -1.20. The number of benzene rings is 2. The molecule has 0 bridgehead atoms. The Labute approximate surface area is 233 Å². The summed E-state index contributed by atoms with van der Waals surface area (Å²) in [6, 6.07) is 14.6. The maximum Gasteiger partial charge on any atom is 0.475 e. The average molecular weight is 574 g/mol. The number of carbonyl (C=O) groups is 1. The van der Waals surface area contributed by atoms with E-state index in [4.69, 9.17) is 18.3 Å². The van der Waals surface area contributed by atoms with Gasteiger partial charge in [0, 0.05) is 68.7 Å². The van der Waals surface area contributed by atoms with Crippen LogP contribution in [-0.2, 0) is 29.4 Å². The SMILES string of the molecule is COP(=O)(OC)OCN1C(=O)CCc2ccc(OCCCCN3CCN(c4cccc5sccc45)CC3)cc21. The zero-order valence-electron chi connectivity index (χ0n) is 22.5. The van der Waals surface area contributed by atoms with Crippen LogP contribution in [0.1, 0.15) is 24.8 Å². The fraction of sp³-hybridized carbons (Fsp3) is 0.464. The van der Waals surface area contributed by atoms with Crippen molar-refractivity contribution < 1.29 is 27.7 Å². The van der Waals surface area contributed by atoms with E-state index in [9.17, 15) is 9.36 Å². The quantitative estimate of drug-likeness (QED) is 0.207. The van der Waals surface area contributed by atoms with Gasteiger partial charge in [-0.2, -0.15) is 0 Å². The number of rotatable bonds is 12. The topological polar surface area (TPSA) is 80.8 Å². The molecule has 0 unspecified atom stereocenters. The van der Waals surface area contributed by atoms with Crippen molar-refractivity contribution in [3.8, 4) is 5.75 Å². The number of hydrogen-bond acceptors (Lipinski definition) is 9.